The second kappa shape index (κ2) is 23.1. The van der Waals surface area contributed by atoms with E-state index in [4.69, 9.17) is 9.78 Å². The number of carbonyl (C=O) groups excluding carboxylic acids is 2. The van der Waals surface area contributed by atoms with Crippen LogP contribution in [-0.2, 0) is 19.4 Å². The average molecular weight is 455 g/mol. The molecule has 0 radical (unpaired) electrons. The first-order chi connectivity index (χ1) is 15.6. The highest BCUT2D eigenvalue weighted by molar-refractivity contribution is 5.75. The smallest absolute Gasteiger partial charge is 0.247 e. The van der Waals surface area contributed by atoms with Gasteiger partial charge in [-0.2, -0.15) is 0 Å². The molecular formula is C28H54O4. The molecule has 0 aromatic heterocycles. The molecule has 0 saturated carbocycles. The molecule has 0 bridgehead atoms. The summed E-state index contributed by atoms with van der Waals surface area (Å²) in [6.07, 6.45) is 23.1. The fourth-order valence-corrected chi connectivity index (χ4v) is 4.24. The van der Waals surface area contributed by atoms with Crippen molar-refractivity contribution in [2.75, 3.05) is 0 Å². The molecule has 0 aliphatic heterocycles. The topological polar surface area (TPSA) is 52.6 Å². The molecule has 0 heterocycles. The molecular weight excluding hydrogens is 400 g/mol. The molecule has 0 amide bonds. The first-order valence-electron chi connectivity index (χ1n) is 14.0. The van der Waals surface area contributed by atoms with E-state index in [-0.39, 0.29) is 23.8 Å². The molecule has 0 aromatic rings. The summed E-state index contributed by atoms with van der Waals surface area (Å²) in [5.74, 6) is -1.11. The van der Waals surface area contributed by atoms with E-state index >= 15 is 0 Å². The number of rotatable bonds is 22. The van der Waals surface area contributed by atoms with Gasteiger partial charge in [-0.25, -0.2) is 19.4 Å². The molecule has 190 valence electrons. The fraction of sp³-hybridized carbons (Fsp3) is 0.929. The summed E-state index contributed by atoms with van der Waals surface area (Å²) in [6, 6.07) is 0. The van der Waals surface area contributed by atoms with Crippen molar-refractivity contribution >= 4 is 11.9 Å². The Morgan fingerprint density at radius 1 is 0.469 bits per heavy atom. The van der Waals surface area contributed by atoms with Crippen LogP contribution in [0.4, 0.5) is 0 Å². The van der Waals surface area contributed by atoms with Gasteiger partial charge in [-0.1, -0.05) is 130 Å². The van der Waals surface area contributed by atoms with E-state index in [9.17, 15) is 9.59 Å². The summed E-state index contributed by atoms with van der Waals surface area (Å²) >= 11 is 0. The van der Waals surface area contributed by atoms with Gasteiger partial charge in [0.25, 0.3) is 0 Å². The minimum atomic E-state index is -0.384. The van der Waals surface area contributed by atoms with Crippen molar-refractivity contribution in [2.45, 2.75) is 156 Å². The third-order valence-corrected chi connectivity index (χ3v) is 6.67. The fourth-order valence-electron chi connectivity index (χ4n) is 4.24. The summed E-state index contributed by atoms with van der Waals surface area (Å²) in [5, 5.41) is 0. The van der Waals surface area contributed by atoms with Crippen LogP contribution in [0.15, 0.2) is 0 Å². The first-order valence-corrected chi connectivity index (χ1v) is 14.0. The standard InChI is InChI=1S/C28H54O4/c1-5-9-11-13-15-17-19-21-23-25(7-3)27(29)31-32-28(30)26(8-4)24-22-20-18-16-14-12-10-6-2/h25-26H,5-24H2,1-4H3. The maximum absolute atomic E-state index is 12.3. The van der Waals surface area contributed by atoms with Crippen molar-refractivity contribution in [3.63, 3.8) is 0 Å². The van der Waals surface area contributed by atoms with E-state index in [1.165, 1.54) is 77.0 Å². The summed E-state index contributed by atoms with van der Waals surface area (Å²) in [4.78, 5) is 34.6. The van der Waals surface area contributed by atoms with E-state index in [2.05, 4.69) is 13.8 Å². The Morgan fingerprint density at radius 3 is 1.03 bits per heavy atom. The number of hydrogen-bond donors (Lipinski definition) is 0. The number of carbonyl (C=O) groups is 2. The van der Waals surface area contributed by atoms with E-state index in [1.54, 1.807) is 0 Å². The maximum atomic E-state index is 12.3. The van der Waals surface area contributed by atoms with E-state index in [1.807, 2.05) is 13.8 Å². The highest BCUT2D eigenvalue weighted by atomic mass is 17.2. The van der Waals surface area contributed by atoms with Crippen LogP contribution >= 0.6 is 0 Å². The van der Waals surface area contributed by atoms with Gasteiger partial charge in [-0.3, -0.25) is 0 Å². The SMILES string of the molecule is CCCCCCCCCCC(CC)C(=O)OOC(=O)C(CC)CCCCCCCCCC. The Morgan fingerprint density at radius 2 is 0.750 bits per heavy atom. The summed E-state index contributed by atoms with van der Waals surface area (Å²) in [7, 11) is 0. The van der Waals surface area contributed by atoms with Crippen LogP contribution in [0.25, 0.3) is 0 Å². The highest BCUT2D eigenvalue weighted by Crippen LogP contribution is 2.20. The van der Waals surface area contributed by atoms with Gasteiger partial charge in [-0.15, -0.1) is 0 Å². The number of hydrogen-bond acceptors (Lipinski definition) is 4. The Balaban J connectivity index is 3.95. The van der Waals surface area contributed by atoms with Crippen LogP contribution in [0.2, 0.25) is 0 Å². The lowest BCUT2D eigenvalue weighted by molar-refractivity contribution is -0.265. The van der Waals surface area contributed by atoms with Crippen molar-refractivity contribution < 1.29 is 19.4 Å². The van der Waals surface area contributed by atoms with Gasteiger partial charge in [0.15, 0.2) is 0 Å². The summed E-state index contributed by atoms with van der Waals surface area (Å²) in [6.45, 7) is 8.47. The summed E-state index contributed by atoms with van der Waals surface area (Å²) < 4.78 is 0. The van der Waals surface area contributed by atoms with Crippen molar-refractivity contribution in [3.05, 3.63) is 0 Å². The Hall–Kier alpha value is -1.06. The second-order valence-electron chi connectivity index (χ2n) is 9.54. The molecule has 0 saturated heterocycles. The lowest BCUT2D eigenvalue weighted by atomic mass is 9.98. The normalized spacial score (nSPS) is 13.0. The molecule has 0 aliphatic carbocycles. The van der Waals surface area contributed by atoms with Crippen molar-refractivity contribution in [3.8, 4) is 0 Å². The lowest BCUT2D eigenvalue weighted by Crippen LogP contribution is -2.23. The molecule has 0 spiro atoms. The van der Waals surface area contributed by atoms with Crippen LogP contribution in [0.3, 0.4) is 0 Å². The van der Waals surface area contributed by atoms with Crippen LogP contribution in [-0.4, -0.2) is 11.9 Å². The first kappa shape index (κ1) is 30.9. The minimum absolute atomic E-state index is 0.171. The van der Waals surface area contributed by atoms with Crippen LogP contribution in [0.5, 0.6) is 0 Å². The van der Waals surface area contributed by atoms with E-state index < -0.39 is 0 Å². The molecule has 0 aromatic carbocycles. The average Bonchev–Trinajstić information content (AvgIpc) is 2.80. The second-order valence-corrected chi connectivity index (χ2v) is 9.54. The molecule has 4 nitrogen and oxygen atoms in total. The highest BCUT2D eigenvalue weighted by Gasteiger charge is 2.24. The van der Waals surface area contributed by atoms with Crippen LogP contribution in [0, 0.1) is 11.8 Å². The van der Waals surface area contributed by atoms with Gasteiger partial charge >= 0.3 is 11.9 Å². The van der Waals surface area contributed by atoms with Gasteiger partial charge in [0.05, 0.1) is 11.8 Å². The number of unbranched alkanes of at least 4 members (excludes halogenated alkanes) is 14. The molecule has 2 unspecified atom stereocenters. The maximum Gasteiger partial charge on any atom is 0.358 e. The molecule has 2 atom stereocenters. The Kier molecular flexibility index (Phi) is 22.3. The molecule has 0 rings (SSSR count). The third kappa shape index (κ3) is 17.5. The van der Waals surface area contributed by atoms with Gasteiger partial charge in [0, 0.05) is 0 Å². The summed E-state index contributed by atoms with van der Waals surface area (Å²) in [5.41, 5.74) is 0. The molecule has 0 aliphatic rings. The lowest BCUT2D eigenvalue weighted by Gasteiger charge is -2.15. The quantitative estimate of drug-likeness (QED) is 0.0929. The largest absolute Gasteiger partial charge is 0.358 e. The molecule has 4 heteroatoms. The van der Waals surface area contributed by atoms with E-state index in [0.717, 1.165) is 51.4 Å². The zero-order chi connectivity index (χ0) is 23.9. The monoisotopic (exact) mass is 454 g/mol. The van der Waals surface area contributed by atoms with Crippen molar-refractivity contribution in [2.24, 2.45) is 11.8 Å². The van der Waals surface area contributed by atoms with Gasteiger partial charge in [0.1, 0.15) is 0 Å². The zero-order valence-corrected chi connectivity index (χ0v) is 21.9. The van der Waals surface area contributed by atoms with E-state index in [0.29, 0.717) is 0 Å². The van der Waals surface area contributed by atoms with Crippen LogP contribution in [0.1, 0.15) is 156 Å². The Bertz CT molecular complexity index is 395. The zero-order valence-electron chi connectivity index (χ0n) is 21.9. The van der Waals surface area contributed by atoms with Gasteiger partial charge in [-0.05, 0) is 25.7 Å². The van der Waals surface area contributed by atoms with Gasteiger partial charge in [0.2, 0.25) is 0 Å². The predicted octanol–water partition coefficient (Wildman–Crippen LogP) is 9.10. The van der Waals surface area contributed by atoms with Gasteiger partial charge < -0.3 is 0 Å². The predicted molar refractivity (Wildman–Crippen MR) is 134 cm³/mol. The van der Waals surface area contributed by atoms with Crippen LogP contribution < -0.4 is 0 Å². The minimum Gasteiger partial charge on any atom is -0.247 e. The molecule has 0 N–H and O–H groups in total. The van der Waals surface area contributed by atoms with Crippen molar-refractivity contribution in [1.82, 2.24) is 0 Å². The molecule has 32 heavy (non-hydrogen) atoms. The third-order valence-electron chi connectivity index (χ3n) is 6.67. The van der Waals surface area contributed by atoms with Crippen molar-refractivity contribution in [1.29, 1.82) is 0 Å². The molecule has 0 fully saturated rings. The Labute approximate surface area is 199 Å².